The van der Waals surface area contributed by atoms with Crippen molar-refractivity contribution in [3.8, 4) is 11.6 Å². The maximum atomic E-state index is 10.7. The Morgan fingerprint density at radius 1 is 1.41 bits per heavy atom. The minimum absolute atomic E-state index is 0.0452. The van der Waals surface area contributed by atoms with Gasteiger partial charge in [-0.2, -0.15) is 9.78 Å². The molecule has 0 radical (unpaired) electrons. The van der Waals surface area contributed by atoms with Gasteiger partial charge in [-0.25, -0.2) is 15.1 Å². The van der Waals surface area contributed by atoms with Crippen molar-refractivity contribution in [2.75, 3.05) is 0 Å². The van der Waals surface area contributed by atoms with Gasteiger partial charge in [0.1, 0.15) is 0 Å². The van der Waals surface area contributed by atoms with Gasteiger partial charge in [0.2, 0.25) is 10.6 Å². The fourth-order valence-electron chi connectivity index (χ4n) is 1.58. The molecule has 0 fully saturated rings. The summed E-state index contributed by atoms with van der Waals surface area (Å²) in [6.07, 6.45) is 4.63. The Hall–Kier alpha value is -2.79. The van der Waals surface area contributed by atoms with Gasteiger partial charge in [0.25, 0.3) is 0 Å². The lowest BCUT2D eigenvalue weighted by Gasteiger charge is -1.97. The van der Waals surface area contributed by atoms with Crippen LogP contribution >= 0.6 is 23.6 Å². The number of nitrogens with zero attached hydrogens (tertiary/aromatic N) is 6. The van der Waals surface area contributed by atoms with Gasteiger partial charge >= 0.3 is 5.00 Å². The molecule has 0 atom stereocenters. The number of aromatic nitrogens is 5. The zero-order chi connectivity index (χ0) is 15.5. The highest BCUT2D eigenvalue weighted by atomic mass is 32.1. The molecule has 9 nitrogen and oxygen atoms in total. The van der Waals surface area contributed by atoms with E-state index in [0.29, 0.717) is 16.5 Å². The van der Waals surface area contributed by atoms with Crippen molar-refractivity contribution < 1.29 is 4.92 Å². The van der Waals surface area contributed by atoms with E-state index < -0.39 is 4.92 Å². The Balaban J connectivity index is 1.95. The molecule has 3 aromatic heterocycles. The van der Waals surface area contributed by atoms with Crippen molar-refractivity contribution >= 4 is 34.8 Å². The van der Waals surface area contributed by atoms with Gasteiger partial charge < -0.3 is 0 Å². The Labute approximate surface area is 132 Å². The third-order valence-electron chi connectivity index (χ3n) is 2.51. The topological polar surface area (TPSA) is 115 Å². The van der Waals surface area contributed by atoms with Gasteiger partial charge in [0.05, 0.1) is 16.0 Å². The number of thiophene rings is 1. The molecule has 0 aromatic carbocycles. The molecule has 22 heavy (non-hydrogen) atoms. The fourth-order valence-corrected chi connectivity index (χ4v) is 2.45. The summed E-state index contributed by atoms with van der Waals surface area (Å²) in [4.78, 5) is 19.0. The predicted octanol–water partition coefficient (Wildman–Crippen LogP) is 2.25. The number of hydrogen-bond donors (Lipinski definition) is 1. The van der Waals surface area contributed by atoms with Gasteiger partial charge in [-0.1, -0.05) is 11.3 Å². The Morgan fingerprint density at radius 2 is 2.18 bits per heavy atom. The summed E-state index contributed by atoms with van der Waals surface area (Å²) < 4.78 is 1.63. The first-order chi connectivity index (χ1) is 10.6. The minimum atomic E-state index is -0.450. The van der Waals surface area contributed by atoms with Crippen LogP contribution in [0.25, 0.3) is 11.6 Å². The number of hydrogen-bond acceptors (Lipinski definition) is 8. The van der Waals surface area contributed by atoms with Crippen molar-refractivity contribution in [1.82, 2.24) is 24.8 Å². The molecule has 3 aromatic rings. The van der Waals surface area contributed by atoms with Crippen molar-refractivity contribution in [2.24, 2.45) is 5.10 Å². The number of H-pyrrole nitrogens is 1. The van der Waals surface area contributed by atoms with Crippen LogP contribution < -0.4 is 0 Å². The van der Waals surface area contributed by atoms with E-state index in [2.05, 4.69) is 25.3 Å². The number of aromatic amines is 1. The SMILES string of the molecule is O=[N+]([O-])c1ccc(/C=N/n2c(-c3ncccn3)n[nH]c2=S)s1. The van der Waals surface area contributed by atoms with Crippen LogP contribution in [0.3, 0.4) is 0 Å². The van der Waals surface area contributed by atoms with E-state index in [-0.39, 0.29) is 9.77 Å². The largest absolute Gasteiger partial charge is 0.324 e. The summed E-state index contributed by atoms with van der Waals surface area (Å²) in [6.45, 7) is 0. The summed E-state index contributed by atoms with van der Waals surface area (Å²) in [7, 11) is 0. The van der Waals surface area contributed by atoms with Gasteiger partial charge in [-0.3, -0.25) is 10.1 Å². The molecule has 0 spiro atoms. The number of nitrogens with one attached hydrogen (secondary N) is 1. The molecular formula is C11H7N7O2S2. The summed E-state index contributed by atoms with van der Waals surface area (Å²) in [5.41, 5.74) is 0. The standard InChI is InChI=1S/C11H7N7O2S2/c19-18(20)8-3-2-7(22-8)6-14-17-10(15-16-11(17)21)9-12-4-1-5-13-9/h1-6H,(H,16,21)/b14-6+. The number of nitro groups is 1. The van der Waals surface area contributed by atoms with E-state index in [0.717, 1.165) is 11.3 Å². The predicted molar refractivity (Wildman–Crippen MR) is 82.4 cm³/mol. The summed E-state index contributed by atoms with van der Waals surface area (Å²) >= 11 is 6.12. The van der Waals surface area contributed by atoms with Crippen molar-refractivity contribution in [3.05, 3.63) is 50.4 Å². The van der Waals surface area contributed by atoms with E-state index in [1.807, 2.05) is 0 Å². The van der Waals surface area contributed by atoms with Crippen LogP contribution in [0.5, 0.6) is 0 Å². The van der Waals surface area contributed by atoms with Gasteiger partial charge in [0, 0.05) is 18.5 Å². The van der Waals surface area contributed by atoms with Crippen LogP contribution in [0.1, 0.15) is 4.88 Å². The summed E-state index contributed by atoms with van der Waals surface area (Å²) in [5.74, 6) is 0.720. The molecule has 0 aliphatic heterocycles. The van der Waals surface area contributed by atoms with E-state index in [9.17, 15) is 10.1 Å². The van der Waals surface area contributed by atoms with E-state index in [1.165, 1.54) is 17.0 Å². The lowest BCUT2D eigenvalue weighted by molar-refractivity contribution is -0.380. The minimum Gasteiger partial charge on any atom is -0.258 e. The van der Waals surface area contributed by atoms with Crippen LogP contribution in [-0.2, 0) is 0 Å². The number of rotatable bonds is 4. The quantitative estimate of drug-likeness (QED) is 0.339. The van der Waals surface area contributed by atoms with Crippen LogP contribution in [0.4, 0.5) is 5.00 Å². The molecular weight excluding hydrogens is 326 g/mol. The molecule has 3 rings (SSSR count). The molecule has 0 saturated carbocycles. The third kappa shape index (κ3) is 2.80. The smallest absolute Gasteiger partial charge is 0.258 e. The van der Waals surface area contributed by atoms with Crippen molar-refractivity contribution in [2.45, 2.75) is 0 Å². The molecule has 3 heterocycles. The molecule has 0 aliphatic rings. The molecule has 11 heteroatoms. The van der Waals surface area contributed by atoms with Crippen LogP contribution in [0, 0.1) is 14.9 Å². The third-order valence-corrected chi connectivity index (χ3v) is 3.74. The first kappa shape index (κ1) is 14.2. The van der Waals surface area contributed by atoms with E-state index >= 15 is 0 Å². The second kappa shape index (κ2) is 5.91. The molecule has 110 valence electrons. The van der Waals surface area contributed by atoms with Crippen LogP contribution in [-0.4, -0.2) is 36.0 Å². The normalized spacial score (nSPS) is 11.1. The Morgan fingerprint density at radius 3 is 2.86 bits per heavy atom. The lowest BCUT2D eigenvalue weighted by Crippen LogP contribution is -1.97. The van der Waals surface area contributed by atoms with Crippen LogP contribution in [0.2, 0.25) is 0 Å². The van der Waals surface area contributed by atoms with Crippen LogP contribution in [0.15, 0.2) is 35.7 Å². The summed E-state index contributed by atoms with van der Waals surface area (Å²) in [6, 6.07) is 4.71. The van der Waals surface area contributed by atoms with Gasteiger partial charge in [-0.15, -0.1) is 5.10 Å². The monoisotopic (exact) mass is 333 g/mol. The summed E-state index contributed by atoms with van der Waals surface area (Å²) in [5, 5.41) is 21.5. The van der Waals surface area contributed by atoms with Gasteiger partial charge in [-0.05, 0) is 24.4 Å². The van der Waals surface area contributed by atoms with Gasteiger partial charge in [0.15, 0.2) is 5.82 Å². The van der Waals surface area contributed by atoms with E-state index in [4.69, 9.17) is 12.2 Å². The highest BCUT2D eigenvalue weighted by molar-refractivity contribution is 7.71. The molecule has 0 unspecified atom stereocenters. The Bertz CT molecular complexity index is 897. The molecule has 0 saturated heterocycles. The zero-order valence-electron chi connectivity index (χ0n) is 10.8. The first-order valence-electron chi connectivity index (χ1n) is 5.88. The van der Waals surface area contributed by atoms with Crippen molar-refractivity contribution in [3.63, 3.8) is 0 Å². The average Bonchev–Trinajstić information content (AvgIpc) is 3.13. The fraction of sp³-hybridized carbons (Fsp3) is 0. The van der Waals surface area contributed by atoms with E-state index in [1.54, 1.807) is 24.5 Å². The molecule has 0 bridgehead atoms. The lowest BCUT2D eigenvalue weighted by atomic mass is 10.5. The highest BCUT2D eigenvalue weighted by Gasteiger charge is 2.11. The zero-order valence-corrected chi connectivity index (χ0v) is 12.4. The highest BCUT2D eigenvalue weighted by Crippen LogP contribution is 2.22. The molecule has 1 N–H and O–H groups in total. The maximum Gasteiger partial charge on any atom is 0.324 e. The molecule has 0 aliphatic carbocycles. The molecule has 0 amide bonds. The Kier molecular flexibility index (Phi) is 3.80. The second-order valence-electron chi connectivity index (χ2n) is 3.91. The maximum absolute atomic E-state index is 10.7. The first-order valence-corrected chi connectivity index (χ1v) is 7.11. The second-order valence-corrected chi connectivity index (χ2v) is 5.39. The van der Waals surface area contributed by atoms with Crippen molar-refractivity contribution in [1.29, 1.82) is 0 Å². The average molecular weight is 333 g/mol.